The van der Waals surface area contributed by atoms with Gasteiger partial charge in [0, 0.05) is 0 Å². The van der Waals surface area contributed by atoms with Crippen LogP contribution < -0.4 is 0 Å². The Morgan fingerprint density at radius 3 is 2.36 bits per heavy atom. The molecule has 1 rings (SSSR count). The van der Waals surface area contributed by atoms with Gasteiger partial charge in [0.15, 0.2) is 0 Å². The lowest BCUT2D eigenvalue weighted by Gasteiger charge is -2.02. The largest absolute Gasteiger partial charge is 0.219 e. The Hall–Kier alpha value is -1.35. The summed E-state index contributed by atoms with van der Waals surface area (Å²) in [7, 11) is -3.38. The molecule has 0 aliphatic heterocycles. The first-order valence-electron chi connectivity index (χ1n) is 4.21. The summed E-state index contributed by atoms with van der Waals surface area (Å²) in [4.78, 5) is 0.398. The van der Waals surface area contributed by atoms with Crippen molar-refractivity contribution >= 4 is 9.84 Å². The number of allylic oxidation sites excluding steroid dienone is 2. The molecule has 0 spiro atoms. The molecule has 0 aromatic heterocycles. The minimum atomic E-state index is -3.38. The van der Waals surface area contributed by atoms with Gasteiger partial charge in [0.25, 0.3) is 0 Å². The van der Waals surface area contributed by atoms with E-state index >= 15 is 0 Å². The van der Waals surface area contributed by atoms with Crippen LogP contribution in [-0.2, 0) is 9.84 Å². The SMILES string of the molecule is C=C(/C=C\C)S(=O)(=O)c1ccccc1. The molecule has 0 bridgehead atoms. The Labute approximate surface area is 84.5 Å². The maximum absolute atomic E-state index is 11.8. The van der Waals surface area contributed by atoms with Gasteiger partial charge in [-0.25, -0.2) is 8.42 Å². The molecule has 14 heavy (non-hydrogen) atoms. The third kappa shape index (κ3) is 2.12. The van der Waals surface area contributed by atoms with Crippen LogP contribution in [-0.4, -0.2) is 8.42 Å². The molecule has 0 aliphatic carbocycles. The molecule has 0 atom stereocenters. The average Bonchev–Trinajstić information content (AvgIpc) is 2.19. The summed E-state index contributed by atoms with van der Waals surface area (Å²) in [5.41, 5.74) is 0. The third-order valence-electron chi connectivity index (χ3n) is 1.75. The van der Waals surface area contributed by atoms with Gasteiger partial charge >= 0.3 is 0 Å². The highest BCUT2D eigenvalue weighted by molar-refractivity contribution is 7.95. The number of rotatable bonds is 3. The average molecular weight is 208 g/mol. The van der Waals surface area contributed by atoms with Crippen LogP contribution >= 0.6 is 0 Å². The van der Waals surface area contributed by atoms with Crippen LogP contribution in [0.4, 0.5) is 0 Å². The topological polar surface area (TPSA) is 34.1 Å². The van der Waals surface area contributed by atoms with Crippen molar-refractivity contribution in [3.63, 3.8) is 0 Å². The maximum atomic E-state index is 11.8. The second-order valence-corrected chi connectivity index (χ2v) is 4.79. The molecule has 0 unspecified atom stereocenters. The number of sulfone groups is 1. The quantitative estimate of drug-likeness (QED) is 0.715. The van der Waals surface area contributed by atoms with E-state index < -0.39 is 9.84 Å². The van der Waals surface area contributed by atoms with Crippen molar-refractivity contribution in [2.45, 2.75) is 11.8 Å². The fraction of sp³-hybridized carbons (Fsp3) is 0.0909. The van der Waals surface area contributed by atoms with E-state index in [2.05, 4.69) is 6.58 Å². The molecule has 0 saturated carbocycles. The van der Waals surface area contributed by atoms with E-state index in [1.807, 2.05) is 0 Å². The van der Waals surface area contributed by atoms with Crippen LogP contribution in [0.25, 0.3) is 0 Å². The Morgan fingerprint density at radius 1 is 1.29 bits per heavy atom. The predicted octanol–water partition coefficient (Wildman–Crippen LogP) is 2.55. The van der Waals surface area contributed by atoms with E-state index in [0.29, 0.717) is 0 Å². The van der Waals surface area contributed by atoms with E-state index in [0.717, 1.165) is 0 Å². The molecule has 0 amide bonds. The van der Waals surface area contributed by atoms with E-state index in [1.165, 1.54) is 6.08 Å². The highest BCUT2D eigenvalue weighted by Crippen LogP contribution is 2.17. The first-order chi connectivity index (χ1) is 6.59. The molecule has 0 aliphatic rings. The van der Waals surface area contributed by atoms with Crippen LogP contribution in [0.2, 0.25) is 0 Å². The van der Waals surface area contributed by atoms with Crippen molar-refractivity contribution in [1.29, 1.82) is 0 Å². The standard InChI is InChI=1S/C11H12O2S/c1-3-7-10(2)14(12,13)11-8-5-4-6-9-11/h3-9H,2H2,1H3/b7-3-. The monoisotopic (exact) mass is 208 g/mol. The van der Waals surface area contributed by atoms with Gasteiger partial charge in [0.1, 0.15) is 0 Å². The van der Waals surface area contributed by atoms with Crippen LogP contribution in [0.5, 0.6) is 0 Å². The molecule has 0 radical (unpaired) electrons. The summed E-state index contributed by atoms with van der Waals surface area (Å²) in [5, 5.41) is 0. The minimum absolute atomic E-state index is 0.117. The van der Waals surface area contributed by atoms with Crippen molar-refractivity contribution in [3.8, 4) is 0 Å². The zero-order chi connectivity index (χ0) is 10.6. The van der Waals surface area contributed by atoms with Crippen molar-refractivity contribution in [3.05, 3.63) is 54.0 Å². The molecule has 0 N–H and O–H groups in total. The van der Waals surface area contributed by atoms with E-state index in [4.69, 9.17) is 0 Å². The Balaban J connectivity index is 3.16. The molecule has 2 nitrogen and oxygen atoms in total. The first kappa shape index (κ1) is 10.7. The van der Waals surface area contributed by atoms with Gasteiger partial charge in [-0.3, -0.25) is 0 Å². The summed E-state index contributed by atoms with van der Waals surface area (Å²) < 4.78 is 23.5. The molecular formula is C11H12O2S. The van der Waals surface area contributed by atoms with E-state index in [1.54, 1.807) is 43.3 Å². The molecule has 74 valence electrons. The van der Waals surface area contributed by atoms with Gasteiger partial charge in [-0.15, -0.1) is 0 Å². The normalized spacial score (nSPS) is 11.8. The predicted molar refractivity (Wildman–Crippen MR) is 57.6 cm³/mol. The minimum Gasteiger partial charge on any atom is -0.219 e. The zero-order valence-corrected chi connectivity index (χ0v) is 8.79. The van der Waals surface area contributed by atoms with Gasteiger partial charge in [0.2, 0.25) is 9.84 Å². The highest BCUT2D eigenvalue weighted by Gasteiger charge is 2.15. The summed E-state index contributed by atoms with van der Waals surface area (Å²) >= 11 is 0. The van der Waals surface area contributed by atoms with Crippen molar-refractivity contribution in [2.75, 3.05) is 0 Å². The van der Waals surface area contributed by atoms with E-state index in [-0.39, 0.29) is 9.80 Å². The lowest BCUT2D eigenvalue weighted by Crippen LogP contribution is -2.01. The Kier molecular flexibility index (Phi) is 3.25. The lowest BCUT2D eigenvalue weighted by atomic mass is 10.4. The number of hydrogen-bond acceptors (Lipinski definition) is 2. The van der Waals surface area contributed by atoms with Gasteiger partial charge in [0.05, 0.1) is 9.80 Å². The highest BCUT2D eigenvalue weighted by atomic mass is 32.2. The Bertz CT molecular complexity index is 441. The molecule has 1 aromatic carbocycles. The zero-order valence-electron chi connectivity index (χ0n) is 7.97. The fourth-order valence-corrected chi connectivity index (χ4v) is 2.16. The van der Waals surface area contributed by atoms with Gasteiger partial charge in [-0.05, 0) is 25.1 Å². The van der Waals surface area contributed by atoms with Crippen molar-refractivity contribution in [1.82, 2.24) is 0 Å². The first-order valence-corrected chi connectivity index (χ1v) is 5.69. The van der Waals surface area contributed by atoms with Crippen LogP contribution in [0.1, 0.15) is 6.92 Å². The number of hydrogen-bond donors (Lipinski definition) is 0. The second-order valence-electron chi connectivity index (χ2n) is 2.78. The summed E-state index contributed by atoms with van der Waals surface area (Å²) in [6.45, 7) is 5.27. The summed E-state index contributed by atoms with van der Waals surface area (Å²) in [6.07, 6.45) is 3.14. The maximum Gasteiger partial charge on any atom is 0.205 e. The van der Waals surface area contributed by atoms with Crippen molar-refractivity contribution < 1.29 is 8.42 Å². The molecule has 0 heterocycles. The third-order valence-corrected chi connectivity index (χ3v) is 3.47. The summed E-state index contributed by atoms with van der Waals surface area (Å²) in [5.74, 6) is 0. The molecular weight excluding hydrogens is 196 g/mol. The van der Waals surface area contributed by atoms with E-state index in [9.17, 15) is 8.42 Å². The van der Waals surface area contributed by atoms with Crippen molar-refractivity contribution in [2.24, 2.45) is 0 Å². The molecule has 0 fully saturated rings. The fourth-order valence-electron chi connectivity index (χ4n) is 1.03. The summed E-state index contributed by atoms with van der Waals surface area (Å²) in [6, 6.07) is 8.27. The molecule has 3 heteroatoms. The van der Waals surface area contributed by atoms with Crippen LogP contribution in [0.15, 0.2) is 58.9 Å². The molecule has 0 saturated heterocycles. The van der Waals surface area contributed by atoms with Gasteiger partial charge in [-0.2, -0.15) is 0 Å². The van der Waals surface area contributed by atoms with Gasteiger partial charge < -0.3 is 0 Å². The van der Waals surface area contributed by atoms with Crippen LogP contribution in [0.3, 0.4) is 0 Å². The Morgan fingerprint density at radius 2 is 1.86 bits per heavy atom. The van der Waals surface area contributed by atoms with Gasteiger partial charge in [-0.1, -0.05) is 30.9 Å². The number of benzene rings is 1. The smallest absolute Gasteiger partial charge is 0.205 e. The second kappa shape index (κ2) is 4.24. The lowest BCUT2D eigenvalue weighted by molar-refractivity contribution is 0.603. The molecule has 1 aromatic rings. The van der Waals surface area contributed by atoms with Crippen LogP contribution in [0, 0.1) is 0 Å².